The molecule has 0 radical (unpaired) electrons. The smallest absolute Gasteiger partial charge is 0.325 e. The molecular formula is C26H30N4O6. The van der Waals surface area contributed by atoms with Gasteiger partial charge in [-0.15, -0.1) is 0 Å². The Bertz CT molecular complexity index is 1260. The molecule has 2 fully saturated rings. The fourth-order valence-electron chi connectivity index (χ4n) is 5.61. The summed E-state index contributed by atoms with van der Waals surface area (Å²) in [5.41, 5.74) is 1.72. The van der Waals surface area contributed by atoms with Gasteiger partial charge >= 0.3 is 6.03 Å². The van der Waals surface area contributed by atoms with Gasteiger partial charge in [0, 0.05) is 43.7 Å². The first-order chi connectivity index (χ1) is 17.4. The molecule has 3 atom stereocenters. The van der Waals surface area contributed by atoms with E-state index in [2.05, 4.69) is 5.32 Å². The van der Waals surface area contributed by atoms with Crippen molar-refractivity contribution in [1.29, 1.82) is 0 Å². The third-order valence-corrected chi connectivity index (χ3v) is 7.37. The third kappa shape index (κ3) is 4.43. The Hall–Kier alpha value is -3.82. The number of carbonyl (C=O) groups excluding carboxylic acids is 3. The van der Waals surface area contributed by atoms with Gasteiger partial charge in [-0.25, -0.2) is 4.79 Å². The van der Waals surface area contributed by atoms with Crippen LogP contribution in [0.1, 0.15) is 36.4 Å². The molecule has 2 aromatic rings. The number of nitrogens with zero attached hydrogens (tertiary/aromatic N) is 3. The third-order valence-electron chi connectivity index (χ3n) is 7.37. The highest BCUT2D eigenvalue weighted by molar-refractivity contribution is 6.04. The minimum atomic E-state index is -0.731. The summed E-state index contributed by atoms with van der Waals surface area (Å²) in [7, 11) is 3.06. The number of hydrogen-bond acceptors (Lipinski definition) is 6. The number of piperidine rings is 1. The van der Waals surface area contributed by atoms with Gasteiger partial charge in [-0.1, -0.05) is 12.1 Å². The molecule has 2 bridgehead atoms. The average Bonchev–Trinajstić information content (AvgIpc) is 3.15. The normalized spacial score (nSPS) is 22.8. The second-order valence-corrected chi connectivity index (χ2v) is 9.65. The fraction of sp³-hybridized carbons (Fsp3) is 0.462. The van der Waals surface area contributed by atoms with E-state index in [1.54, 1.807) is 30.3 Å². The van der Waals surface area contributed by atoms with E-state index < -0.39 is 12.1 Å². The minimum Gasteiger partial charge on any atom is -0.493 e. The summed E-state index contributed by atoms with van der Waals surface area (Å²) in [5.74, 6) is 1.09. The quantitative estimate of drug-likeness (QED) is 0.587. The van der Waals surface area contributed by atoms with Gasteiger partial charge in [0.15, 0.2) is 11.5 Å². The second kappa shape index (κ2) is 9.67. The number of carbonyl (C=O) groups is 3. The van der Waals surface area contributed by atoms with Crippen LogP contribution in [0.3, 0.4) is 0 Å². The lowest BCUT2D eigenvalue weighted by atomic mass is 9.83. The maximum atomic E-state index is 13.1. The first-order valence-electron chi connectivity index (χ1n) is 12.2. The van der Waals surface area contributed by atoms with Crippen molar-refractivity contribution in [2.24, 2.45) is 5.92 Å². The standard InChI is InChI=1S/C26H30N4O6/c1-35-21-8-6-16(11-22(21)36-2)13-30-25(33)19(27-26(30)34)7-9-23(31)28-12-17-10-18(15-28)20-4-3-5-24(32)29(20)14-17/h3-6,8,11,17-19H,7,9-10,12-15H2,1-2H3,(H,27,34)/t17-,18+,19+/m1/s1. The molecule has 1 N–H and O–H groups in total. The maximum absolute atomic E-state index is 13.1. The Labute approximate surface area is 208 Å². The van der Waals surface area contributed by atoms with Crippen molar-refractivity contribution in [2.75, 3.05) is 27.3 Å². The lowest BCUT2D eigenvalue weighted by Crippen LogP contribution is -2.49. The number of urea groups is 1. The lowest BCUT2D eigenvalue weighted by Gasteiger charge is -2.42. The van der Waals surface area contributed by atoms with E-state index in [1.807, 2.05) is 15.5 Å². The highest BCUT2D eigenvalue weighted by Gasteiger charge is 2.40. The number of rotatable bonds is 7. The van der Waals surface area contributed by atoms with Gasteiger partial charge in [-0.2, -0.15) is 0 Å². The number of pyridine rings is 1. The fourth-order valence-corrected chi connectivity index (χ4v) is 5.61. The summed E-state index contributed by atoms with van der Waals surface area (Å²) in [5, 5.41) is 2.72. The number of hydrogen-bond donors (Lipinski definition) is 1. The topological polar surface area (TPSA) is 110 Å². The van der Waals surface area contributed by atoms with Crippen molar-refractivity contribution < 1.29 is 23.9 Å². The molecule has 1 aromatic heterocycles. The van der Waals surface area contributed by atoms with E-state index in [4.69, 9.17) is 9.47 Å². The van der Waals surface area contributed by atoms with Crippen LogP contribution in [0.5, 0.6) is 11.5 Å². The molecule has 2 saturated heterocycles. The van der Waals surface area contributed by atoms with Gasteiger partial charge < -0.3 is 24.3 Å². The molecule has 10 heteroatoms. The molecule has 1 aromatic carbocycles. The van der Waals surface area contributed by atoms with Gasteiger partial charge in [0.2, 0.25) is 5.91 Å². The van der Waals surface area contributed by atoms with Crippen LogP contribution in [0, 0.1) is 5.92 Å². The minimum absolute atomic E-state index is 0.00935. The Kier molecular flexibility index (Phi) is 6.42. The predicted molar refractivity (Wildman–Crippen MR) is 130 cm³/mol. The maximum Gasteiger partial charge on any atom is 0.325 e. The Morgan fingerprint density at radius 3 is 2.61 bits per heavy atom. The summed E-state index contributed by atoms with van der Waals surface area (Å²) in [6.45, 7) is 1.89. The van der Waals surface area contributed by atoms with Crippen LogP contribution in [-0.4, -0.2) is 65.6 Å². The van der Waals surface area contributed by atoms with Crippen LogP contribution in [-0.2, 0) is 22.7 Å². The molecule has 3 aliphatic heterocycles. The zero-order valence-corrected chi connectivity index (χ0v) is 20.4. The van der Waals surface area contributed by atoms with Crippen LogP contribution < -0.4 is 20.3 Å². The molecule has 10 nitrogen and oxygen atoms in total. The Morgan fingerprint density at radius 2 is 1.83 bits per heavy atom. The van der Waals surface area contributed by atoms with Gasteiger partial charge in [0.05, 0.1) is 20.8 Å². The van der Waals surface area contributed by atoms with Gasteiger partial charge in [-0.05, 0) is 42.5 Å². The van der Waals surface area contributed by atoms with Crippen LogP contribution in [0.25, 0.3) is 0 Å². The summed E-state index contributed by atoms with van der Waals surface area (Å²) in [4.78, 5) is 53.7. The molecular weight excluding hydrogens is 464 g/mol. The van der Waals surface area contributed by atoms with Crippen molar-refractivity contribution in [2.45, 2.75) is 44.3 Å². The van der Waals surface area contributed by atoms with Crippen LogP contribution in [0.15, 0.2) is 41.2 Å². The van der Waals surface area contributed by atoms with E-state index >= 15 is 0 Å². The molecule has 4 heterocycles. The van der Waals surface area contributed by atoms with Crippen molar-refractivity contribution in [1.82, 2.24) is 19.7 Å². The van der Waals surface area contributed by atoms with Crippen molar-refractivity contribution in [3.05, 3.63) is 58.0 Å². The van der Waals surface area contributed by atoms with Gasteiger partial charge in [0.1, 0.15) is 6.04 Å². The number of likely N-dealkylation sites (tertiary alicyclic amines) is 1. The molecule has 190 valence electrons. The molecule has 0 unspecified atom stereocenters. The molecule has 0 spiro atoms. The van der Waals surface area contributed by atoms with Gasteiger partial charge in [0.25, 0.3) is 11.5 Å². The monoisotopic (exact) mass is 494 g/mol. The molecule has 36 heavy (non-hydrogen) atoms. The Morgan fingerprint density at radius 1 is 1.03 bits per heavy atom. The zero-order valence-electron chi connectivity index (χ0n) is 20.4. The van der Waals surface area contributed by atoms with Crippen molar-refractivity contribution in [3.63, 3.8) is 0 Å². The second-order valence-electron chi connectivity index (χ2n) is 9.65. The largest absolute Gasteiger partial charge is 0.493 e. The SMILES string of the molecule is COc1ccc(CN2C(=O)N[C@@H](CCC(=O)N3C[C@H]4C[C@@H](C3)c3cccc(=O)n3C4)C2=O)cc1OC. The molecule has 0 aliphatic carbocycles. The summed E-state index contributed by atoms with van der Waals surface area (Å²) >= 11 is 0. The van der Waals surface area contributed by atoms with E-state index in [0.717, 1.165) is 22.6 Å². The number of ether oxygens (including phenoxy) is 2. The summed E-state index contributed by atoms with van der Waals surface area (Å²) in [6, 6.07) is 9.36. The average molecular weight is 495 g/mol. The number of nitrogens with one attached hydrogen (secondary N) is 1. The van der Waals surface area contributed by atoms with Gasteiger partial charge in [-0.3, -0.25) is 19.3 Å². The van der Waals surface area contributed by atoms with Crippen LogP contribution in [0.4, 0.5) is 4.79 Å². The number of aromatic nitrogens is 1. The molecule has 4 amide bonds. The molecule has 0 saturated carbocycles. The van der Waals surface area contributed by atoms with Crippen LogP contribution >= 0.6 is 0 Å². The van der Waals surface area contributed by atoms with E-state index in [0.29, 0.717) is 31.1 Å². The lowest BCUT2D eigenvalue weighted by molar-refractivity contribution is -0.134. The highest BCUT2D eigenvalue weighted by Crippen LogP contribution is 2.35. The number of imide groups is 1. The molecule has 5 rings (SSSR count). The van der Waals surface area contributed by atoms with Crippen molar-refractivity contribution in [3.8, 4) is 11.5 Å². The number of amides is 4. The first kappa shape index (κ1) is 23.9. The number of methoxy groups -OCH3 is 2. The van der Waals surface area contributed by atoms with Crippen LogP contribution in [0.2, 0.25) is 0 Å². The summed E-state index contributed by atoms with van der Waals surface area (Å²) < 4.78 is 12.4. The first-order valence-corrected chi connectivity index (χ1v) is 12.2. The van der Waals surface area contributed by atoms with E-state index in [9.17, 15) is 19.2 Å². The van der Waals surface area contributed by atoms with Crippen molar-refractivity contribution >= 4 is 17.8 Å². The zero-order chi connectivity index (χ0) is 25.4. The Balaban J connectivity index is 1.19. The predicted octanol–water partition coefficient (Wildman–Crippen LogP) is 1.71. The number of benzene rings is 1. The highest BCUT2D eigenvalue weighted by atomic mass is 16.5. The van der Waals surface area contributed by atoms with E-state index in [-0.39, 0.29) is 48.6 Å². The molecule has 3 aliphatic rings. The summed E-state index contributed by atoms with van der Waals surface area (Å²) in [6.07, 6.45) is 1.38. The van der Waals surface area contributed by atoms with E-state index in [1.165, 1.54) is 14.2 Å². The number of fused-ring (bicyclic) bond motifs is 4.